The maximum Gasteiger partial charge on any atom is 0.303 e. The number of methoxy groups -OCH3 is 1. The van der Waals surface area contributed by atoms with Gasteiger partial charge in [0.25, 0.3) is 0 Å². The molecular weight excluding hydrogens is 290 g/mol. The summed E-state index contributed by atoms with van der Waals surface area (Å²) in [6.07, 6.45) is 6.52. The highest BCUT2D eigenvalue weighted by molar-refractivity contribution is 5.66. The van der Waals surface area contributed by atoms with Gasteiger partial charge in [0.1, 0.15) is 0 Å². The third-order valence-electron chi connectivity index (χ3n) is 4.75. The van der Waals surface area contributed by atoms with E-state index in [0.717, 1.165) is 25.9 Å². The van der Waals surface area contributed by atoms with Gasteiger partial charge in [0.2, 0.25) is 0 Å². The van der Waals surface area contributed by atoms with Gasteiger partial charge in [0.05, 0.1) is 0 Å². The molecule has 2 rings (SSSR count). The number of ether oxygens (including phenoxy) is 1. The predicted molar refractivity (Wildman–Crippen MR) is 91.6 cm³/mol. The third-order valence-corrected chi connectivity index (χ3v) is 4.75. The van der Waals surface area contributed by atoms with E-state index < -0.39 is 5.97 Å². The maximum atomic E-state index is 10.9. The maximum absolute atomic E-state index is 10.9. The van der Waals surface area contributed by atoms with Gasteiger partial charge in [-0.2, -0.15) is 0 Å². The van der Waals surface area contributed by atoms with Gasteiger partial charge in [-0.3, -0.25) is 4.79 Å². The Hall–Kier alpha value is -1.39. The van der Waals surface area contributed by atoms with E-state index in [-0.39, 0.29) is 12.5 Å². The lowest BCUT2D eigenvalue weighted by atomic mass is 9.85. The Kier molecular flexibility index (Phi) is 7.56. The first kappa shape index (κ1) is 18.0. The van der Waals surface area contributed by atoms with Gasteiger partial charge in [-0.1, -0.05) is 30.3 Å². The zero-order chi connectivity index (χ0) is 16.5. The van der Waals surface area contributed by atoms with E-state index in [1.54, 1.807) is 7.11 Å². The predicted octanol–water partition coefficient (Wildman–Crippen LogP) is 3.26. The highest BCUT2D eigenvalue weighted by Gasteiger charge is 2.23. The number of carbonyl (C=O) groups is 1. The van der Waals surface area contributed by atoms with Crippen molar-refractivity contribution in [2.75, 3.05) is 13.7 Å². The molecule has 1 aliphatic carbocycles. The van der Waals surface area contributed by atoms with Crippen LogP contribution in [0.5, 0.6) is 0 Å². The van der Waals surface area contributed by atoms with Crippen molar-refractivity contribution in [1.29, 1.82) is 0 Å². The summed E-state index contributed by atoms with van der Waals surface area (Å²) >= 11 is 0. The summed E-state index contributed by atoms with van der Waals surface area (Å²) in [5.74, 6) is -0.0293. The molecule has 0 radical (unpaired) electrons. The molecule has 0 aliphatic heterocycles. The molecule has 0 saturated heterocycles. The molecule has 0 spiro atoms. The van der Waals surface area contributed by atoms with Crippen LogP contribution in [-0.4, -0.2) is 36.9 Å². The second-order valence-corrected chi connectivity index (χ2v) is 6.66. The SMILES string of the molecule is COCC1CCC(NC(CCC(=O)O)Cc2ccccc2)CC1. The fourth-order valence-electron chi connectivity index (χ4n) is 3.51. The molecule has 1 aromatic carbocycles. The summed E-state index contributed by atoms with van der Waals surface area (Å²) in [6.45, 7) is 0.860. The molecule has 1 aromatic rings. The van der Waals surface area contributed by atoms with E-state index in [0.29, 0.717) is 18.4 Å². The smallest absolute Gasteiger partial charge is 0.303 e. The number of carboxylic acids is 1. The van der Waals surface area contributed by atoms with Gasteiger partial charge < -0.3 is 15.2 Å². The monoisotopic (exact) mass is 319 g/mol. The van der Waals surface area contributed by atoms with Gasteiger partial charge >= 0.3 is 5.97 Å². The van der Waals surface area contributed by atoms with Crippen molar-refractivity contribution in [3.05, 3.63) is 35.9 Å². The molecule has 1 unspecified atom stereocenters. The van der Waals surface area contributed by atoms with E-state index in [4.69, 9.17) is 9.84 Å². The van der Waals surface area contributed by atoms with Gasteiger partial charge in [-0.15, -0.1) is 0 Å². The third kappa shape index (κ3) is 6.71. The van der Waals surface area contributed by atoms with Crippen LogP contribution in [0.3, 0.4) is 0 Å². The Balaban J connectivity index is 1.85. The number of aliphatic carboxylic acids is 1. The van der Waals surface area contributed by atoms with Crippen LogP contribution in [-0.2, 0) is 16.0 Å². The normalized spacial score (nSPS) is 22.7. The Labute approximate surface area is 139 Å². The Morgan fingerprint density at radius 1 is 1.26 bits per heavy atom. The minimum atomic E-state index is -0.714. The van der Waals surface area contributed by atoms with Crippen LogP contribution in [0, 0.1) is 5.92 Å². The Morgan fingerprint density at radius 3 is 2.57 bits per heavy atom. The summed E-state index contributed by atoms with van der Waals surface area (Å²) < 4.78 is 5.26. The van der Waals surface area contributed by atoms with Crippen LogP contribution < -0.4 is 5.32 Å². The van der Waals surface area contributed by atoms with Crippen molar-refractivity contribution < 1.29 is 14.6 Å². The second kappa shape index (κ2) is 9.68. The molecule has 1 atom stereocenters. The number of rotatable bonds is 9. The number of hydrogen-bond acceptors (Lipinski definition) is 3. The first-order valence-electron chi connectivity index (χ1n) is 8.68. The highest BCUT2D eigenvalue weighted by atomic mass is 16.5. The molecule has 1 fully saturated rings. The van der Waals surface area contributed by atoms with Crippen molar-refractivity contribution in [3.8, 4) is 0 Å². The largest absolute Gasteiger partial charge is 0.481 e. The van der Waals surface area contributed by atoms with Gasteiger partial charge in [-0.05, 0) is 50.0 Å². The van der Waals surface area contributed by atoms with E-state index in [9.17, 15) is 4.79 Å². The first-order chi connectivity index (χ1) is 11.2. The molecule has 0 bridgehead atoms. The van der Waals surface area contributed by atoms with Crippen LogP contribution in [0.1, 0.15) is 44.1 Å². The molecule has 2 N–H and O–H groups in total. The molecule has 0 aromatic heterocycles. The Morgan fingerprint density at radius 2 is 1.96 bits per heavy atom. The molecule has 1 saturated carbocycles. The lowest BCUT2D eigenvalue weighted by Crippen LogP contribution is -2.42. The van der Waals surface area contributed by atoms with Crippen LogP contribution in [0.2, 0.25) is 0 Å². The number of hydrogen-bond donors (Lipinski definition) is 2. The topological polar surface area (TPSA) is 58.6 Å². The quantitative estimate of drug-likeness (QED) is 0.733. The van der Waals surface area contributed by atoms with Gasteiger partial charge in [0, 0.05) is 32.2 Å². The van der Waals surface area contributed by atoms with E-state index in [1.165, 1.54) is 18.4 Å². The Bertz CT molecular complexity index is 455. The fourth-order valence-corrected chi connectivity index (χ4v) is 3.51. The number of carboxylic acid groups (broad SMARTS) is 1. The summed E-state index contributed by atoms with van der Waals surface area (Å²) in [5, 5.41) is 12.7. The van der Waals surface area contributed by atoms with E-state index >= 15 is 0 Å². The minimum absolute atomic E-state index is 0.226. The van der Waals surface area contributed by atoms with Crippen molar-refractivity contribution in [2.24, 2.45) is 5.92 Å². The minimum Gasteiger partial charge on any atom is -0.481 e. The van der Waals surface area contributed by atoms with Crippen molar-refractivity contribution in [1.82, 2.24) is 5.32 Å². The van der Waals surface area contributed by atoms with Crippen LogP contribution in [0.4, 0.5) is 0 Å². The molecule has 4 nitrogen and oxygen atoms in total. The summed E-state index contributed by atoms with van der Waals surface area (Å²) in [6, 6.07) is 11.1. The summed E-state index contributed by atoms with van der Waals surface area (Å²) in [4.78, 5) is 10.9. The summed E-state index contributed by atoms with van der Waals surface area (Å²) in [7, 11) is 1.77. The first-order valence-corrected chi connectivity index (χ1v) is 8.68. The average molecular weight is 319 g/mol. The standard InChI is InChI=1S/C19H29NO3/c1-23-14-16-7-9-17(10-8-16)20-18(11-12-19(21)22)13-15-5-3-2-4-6-15/h2-6,16-18,20H,7-14H2,1H3,(H,21,22). The zero-order valence-corrected chi connectivity index (χ0v) is 14.0. The van der Waals surface area contributed by atoms with E-state index in [1.807, 2.05) is 18.2 Å². The van der Waals surface area contributed by atoms with Crippen LogP contribution in [0.15, 0.2) is 30.3 Å². The average Bonchev–Trinajstić information content (AvgIpc) is 2.55. The number of benzene rings is 1. The van der Waals surface area contributed by atoms with Crippen molar-refractivity contribution in [3.63, 3.8) is 0 Å². The van der Waals surface area contributed by atoms with Gasteiger partial charge in [0.15, 0.2) is 0 Å². The van der Waals surface area contributed by atoms with Crippen LogP contribution in [0.25, 0.3) is 0 Å². The molecule has 0 heterocycles. The van der Waals surface area contributed by atoms with Crippen LogP contribution >= 0.6 is 0 Å². The lowest BCUT2D eigenvalue weighted by molar-refractivity contribution is -0.137. The molecular formula is C19H29NO3. The summed E-state index contributed by atoms with van der Waals surface area (Å²) in [5.41, 5.74) is 1.27. The second-order valence-electron chi connectivity index (χ2n) is 6.66. The molecule has 1 aliphatic rings. The van der Waals surface area contributed by atoms with Crippen molar-refractivity contribution >= 4 is 5.97 Å². The molecule has 0 amide bonds. The highest BCUT2D eigenvalue weighted by Crippen LogP contribution is 2.25. The fraction of sp³-hybridized carbons (Fsp3) is 0.632. The molecule has 128 valence electrons. The zero-order valence-electron chi connectivity index (χ0n) is 14.0. The van der Waals surface area contributed by atoms with Gasteiger partial charge in [-0.25, -0.2) is 0 Å². The van der Waals surface area contributed by atoms with Crippen molar-refractivity contribution in [2.45, 2.75) is 57.0 Å². The molecule has 23 heavy (non-hydrogen) atoms. The molecule has 4 heteroatoms. The lowest BCUT2D eigenvalue weighted by Gasteiger charge is -2.32. The number of nitrogens with one attached hydrogen (secondary N) is 1. The van der Waals surface area contributed by atoms with E-state index in [2.05, 4.69) is 17.4 Å².